The van der Waals surface area contributed by atoms with Crippen molar-refractivity contribution in [2.75, 3.05) is 20.8 Å². The Hall–Kier alpha value is -3.48. The number of likely N-dealkylation sites (N-methyl/N-ethyl adjacent to an activating group) is 1. The number of aliphatic hydroxyl groups excluding tert-OH is 1. The highest BCUT2D eigenvalue weighted by Crippen LogP contribution is 2.32. The molecule has 0 aliphatic heterocycles. The molecule has 0 unspecified atom stereocenters. The monoisotopic (exact) mass is 489 g/mol. The van der Waals surface area contributed by atoms with Crippen LogP contribution in [0.2, 0.25) is 0 Å². The number of benzene rings is 3. The smallest absolute Gasteiger partial charge is 0.305 e. The highest BCUT2D eigenvalue weighted by Gasteiger charge is 2.36. The summed E-state index contributed by atoms with van der Waals surface area (Å²) in [7, 11) is 3.03. The second-order valence-electron chi connectivity index (χ2n) is 8.97. The van der Waals surface area contributed by atoms with Crippen LogP contribution < -0.4 is 0 Å². The van der Waals surface area contributed by atoms with Gasteiger partial charge in [0.05, 0.1) is 44.8 Å². The van der Waals surface area contributed by atoms with Gasteiger partial charge in [0.2, 0.25) is 5.91 Å². The second-order valence-corrected chi connectivity index (χ2v) is 8.97. The number of rotatable bonds is 12. The molecule has 0 aromatic heterocycles. The molecule has 0 aliphatic carbocycles. The third kappa shape index (κ3) is 7.26. The van der Waals surface area contributed by atoms with E-state index in [1.54, 1.807) is 11.9 Å². The van der Waals surface area contributed by atoms with Crippen molar-refractivity contribution in [2.45, 2.75) is 38.0 Å². The Bertz CT molecular complexity index is 1070. The Morgan fingerprint density at radius 1 is 0.861 bits per heavy atom. The van der Waals surface area contributed by atoms with Crippen LogP contribution in [0.25, 0.3) is 0 Å². The molecule has 0 aliphatic rings. The van der Waals surface area contributed by atoms with Crippen molar-refractivity contribution in [3.63, 3.8) is 0 Å². The molecule has 0 heterocycles. The molecule has 3 rings (SSSR count). The van der Waals surface area contributed by atoms with Crippen LogP contribution in [-0.2, 0) is 25.7 Å². The summed E-state index contributed by atoms with van der Waals surface area (Å²) in [6.45, 7) is 2.38. The Balaban J connectivity index is 1.86. The van der Waals surface area contributed by atoms with E-state index >= 15 is 0 Å². The number of nitrogens with zero attached hydrogens (tertiary/aromatic N) is 1. The SMILES string of the molecule is COC(=O)C[C@@H](COCc1ccccc1)[C@@H](C(=O)N(C)[C@H](C)[C@H](O)c1ccccc1)c1ccccc1. The molecule has 3 aromatic rings. The topological polar surface area (TPSA) is 76.1 Å². The summed E-state index contributed by atoms with van der Waals surface area (Å²) < 4.78 is 11.0. The molecule has 0 radical (unpaired) electrons. The van der Waals surface area contributed by atoms with E-state index in [4.69, 9.17) is 9.47 Å². The van der Waals surface area contributed by atoms with E-state index in [1.807, 2.05) is 97.9 Å². The van der Waals surface area contributed by atoms with E-state index in [9.17, 15) is 14.7 Å². The van der Waals surface area contributed by atoms with Gasteiger partial charge in [0.1, 0.15) is 0 Å². The average molecular weight is 490 g/mol. The van der Waals surface area contributed by atoms with Crippen LogP contribution in [0.1, 0.15) is 42.1 Å². The van der Waals surface area contributed by atoms with Crippen molar-refractivity contribution in [1.82, 2.24) is 4.90 Å². The molecule has 1 N–H and O–H groups in total. The first-order valence-electron chi connectivity index (χ1n) is 12.2. The van der Waals surface area contributed by atoms with Gasteiger partial charge in [-0.2, -0.15) is 0 Å². The Labute approximate surface area is 213 Å². The molecular formula is C30H35NO5. The lowest BCUT2D eigenvalue weighted by Gasteiger charge is -2.35. The van der Waals surface area contributed by atoms with Gasteiger partial charge in [-0.25, -0.2) is 0 Å². The number of carbonyl (C=O) groups excluding carboxylic acids is 2. The third-order valence-electron chi connectivity index (χ3n) is 6.55. The largest absolute Gasteiger partial charge is 0.469 e. The van der Waals surface area contributed by atoms with E-state index in [0.717, 1.165) is 16.7 Å². The summed E-state index contributed by atoms with van der Waals surface area (Å²) in [5.74, 6) is -1.71. The fourth-order valence-corrected chi connectivity index (χ4v) is 4.31. The normalized spacial score (nSPS) is 14.3. The standard InChI is InChI=1S/C30H35NO5/c1-22(29(33)25-17-11-6-12-18-25)31(2)30(34)28(24-15-9-5-10-16-24)26(19-27(32)35-3)21-36-20-23-13-7-4-8-14-23/h4-18,22,26,28-29,33H,19-21H2,1-3H3/t22-,26+,28+,29+/m1/s1. The number of aliphatic hydroxyl groups is 1. The van der Waals surface area contributed by atoms with Gasteiger partial charge >= 0.3 is 5.97 Å². The van der Waals surface area contributed by atoms with Crippen LogP contribution in [0.4, 0.5) is 0 Å². The molecule has 0 saturated heterocycles. The third-order valence-corrected chi connectivity index (χ3v) is 6.55. The van der Waals surface area contributed by atoms with E-state index in [-0.39, 0.29) is 18.9 Å². The lowest BCUT2D eigenvalue weighted by molar-refractivity contribution is -0.144. The van der Waals surface area contributed by atoms with Gasteiger partial charge in [-0.1, -0.05) is 91.0 Å². The molecule has 0 spiro atoms. The van der Waals surface area contributed by atoms with E-state index in [2.05, 4.69) is 0 Å². The van der Waals surface area contributed by atoms with Crippen molar-refractivity contribution in [1.29, 1.82) is 0 Å². The van der Waals surface area contributed by atoms with Crippen LogP contribution in [-0.4, -0.2) is 48.7 Å². The molecule has 4 atom stereocenters. The summed E-state index contributed by atoms with van der Waals surface area (Å²) >= 11 is 0. The summed E-state index contributed by atoms with van der Waals surface area (Å²) in [6.07, 6.45) is -0.829. The molecule has 6 nitrogen and oxygen atoms in total. The lowest BCUT2D eigenvalue weighted by atomic mass is 9.82. The van der Waals surface area contributed by atoms with Crippen molar-refractivity contribution >= 4 is 11.9 Å². The molecule has 0 fully saturated rings. The fourth-order valence-electron chi connectivity index (χ4n) is 4.31. The molecule has 6 heteroatoms. The predicted molar refractivity (Wildman–Crippen MR) is 139 cm³/mol. The summed E-state index contributed by atoms with van der Waals surface area (Å²) in [5.41, 5.74) is 2.53. The average Bonchev–Trinajstić information content (AvgIpc) is 2.93. The molecule has 36 heavy (non-hydrogen) atoms. The fraction of sp³-hybridized carbons (Fsp3) is 0.333. The predicted octanol–water partition coefficient (Wildman–Crippen LogP) is 4.75. The zero-order valence-corrected chi connectivity index (χ0v) is 21.1. The molecule has 0 bridgehead atoms. The van der Waals surface area contributed by atoms with Crippen LogP contribution in [0, 0.1) is 5.92 Å². The molecule has 3 aromatic carbocycles. The Kier molecular flexibility index (Phi) is 10.2. The summed E-state index contributed by atoms with van der Waals surface area (Å²) in [5, 5.41) is 11.0. The number of methoxy groups -OCH3 is 1. The minimum Gasteiger partial charge on any atom is -0.469 e. The highest BCUT2D eigenvalue weighted by molar-refractivity contribution is 5.85. The zero-order chi connectivity index (χ0) is 25.9. The number of hydrogen-bond donors (Lipinski definition) is 1. The van der Waals surface area contributed by atoms with Gasteiger partial charge in [-0.15, -0.1) is 0 Å². The number of carbonyl (C=O) groups is 2. The number of amides is 1. The first kappa shape index (κ1) is 27.1. The van der Waals surface area contributed by atoms with Gasteiger partial charge in [0.15, 0.2) is 0 Å². The Morgan fingerprint density at radius 3 is 1.94 bits per heavy atom. The lowest BCUT2D eigenvalue weighted by Crippen LogP contribution is -2.44. The molecule has 0 saturated carbocycles. The van der Waals surface area contributed by atoms with E-state index < -0.39 is 30.0 Å². The van der Waals surface area contributed by atoms with Crippen LogP contribution in [0.5, 0.6) is 0 Å². The van der Waals surface area contributed by atoms with Crippen molar-refractivity contribution in [3.8, 4) is 0 Å². The summed E-state index contributed by atoms with van der Waals surface area (Å²) in [6, 6.07) is 27.9. The maximum Gasteiger partial charge on any atom is 0.305 e. The Morgan fingerprint density at radius 2 is 1.39 bits per heavy atom. The molecular weight excluding hydrogens is 454 g/mol. The highest BCUT2D eigenvalue weighted by atomic mass is 16.5. The molecule has 1 amide bonds. The second kappa shape index (κ2) is 13.6. The van der Waals surface area contributed by atoms with Crippen LogP contribution in [0.15, 0.2) is 91.0 Å². The van der Waals surface area contributed by atoms with Crippen molar-refractivity contribution in [3.05, 3.63) is 108 Å². The molecule has 190 valence electrons. The maximum atomic E-state index is 14.0. The van der Waals surface area contributed by atoms with Gasteiger partial charge in [-0.3, -0.25) is 9.59 Å². The number of hydrogen-bond acceptors (Lipinski definition) is 5. The minimum atomic E-state index is -0.857. The van der Waals surface area contributed by atoms with Crippen LogP contribution in [0.3, 0.4) is 0 Å². The van der Waals surface area contributed by atoms with Gasteiger partial charge in [0, 0.05) is 13.0 Å². The van der Waals surface area contributed by atoms with E-state index in [0.29, 0.717) is 6.61 Å². The number of ether oxygens (including phenoxy) is 2. The summed E-state index contributed by atoms with van der Waals surface area (Å²) in [4.78, 5) is 27.9. The first-order chi connectivity index (χ1) is 17.4. The van der Waals surface area contributed by atoms with Crippen molar-refractivity contribution < 1.29 is 24.2 Å². The van der Waals surface area contributed by atoms with Gasteiger partial charge in [0.25, 0.3) is 0 Å². The van der Waals surface area contributed by atoms with Crippen LogP contribution >= 0.6 is 0 Å². The zero-order valence-electron chi connectivity index (χ0n) is 21.1. The van der Waals surface area contributed by atoms with Gasteiger partial charge in [-0.05, 0) is 23.6 Å². The quantitative estimate of drug-likeness (QED) is 0.372. The van der Waals surface area contributed by atoms with Gasteiger partial charge < -0.3 is 19.5 Å². The van der Waals surface area contributed by atoms with E-state index in [1.165, 1.54) is 7.11 Å². The number of esters is 1. The first-order valence-corrected chi connectivity index (χ1v) is 12.2. The maximum absolute atomic E-state index is 14.0. The van der Waals surface area contributed by atoms with Crippen molar-refractivity contribution in [2.24, 2.45) is 5.92 Å². The minimum absolute atomic E-state index is 0.0278.